The lowest BCUT2D eigenvalue weighted by atomic mass is 10.2. The van der Waals surface area contributed by atoms with Crippen molar-refractivity contribution in [3.8, 4) is 0 Å². The number of hydrogen-bond acceptors (Lipinski definition) is 3. The molecule has 0 saturated carbocycles. The molecule has 0 unspecified atom stereocenters. The normalized spacial score (nSPS) is 10.2. The second-order valence-electron chi connectivity index (χ2n) is 4.62. The van der Waals surface area contributed by atoms with Gasteiger partial charge in [-0.15, -0.1) is 0 Å². The van der Waals surface area contributed by atoms with Gasteiger partial charge in [0.25, 0.3) is 5.91 Å². The lowest BCUT2D eigenvalue weighted by Crippen LogP contribution is -2.21. The fraction of sp³-hybridized carbons (Fsp3) is 0.250. The van der Waals surface area contributed by atoms with Crippen LogP contribution in [0.15, 0.2) is 36.4 Å². The van der Waals surface area contributed by atoms with Crippen molar-refractivity contribution in [1.29, 1.82) is 0 Å². The van der Waals surface area contributed by atoms with Gasteiger partial charge in [0.15, 0.2) is 6.29 Å². The molecule has 5 heteroatoms. The van der Waals surface area contributed by atoms with Gasteiger partial charge in [-0.05, 0) is 50.2 Å². The van der Waals surface area contributed by atoms with Gasteiger partial charge in [0.2, 0.25) is 0 Å². The number of H-pyrrole nitrogens is 1. The highest BCUT2D eigenvalue weighted by Crippen LogP contribution is 2.18. The number of aldehydes is 1. The average Bonchev–Trinajstić information content (AvgIpc) is 2.99. The van der Waals surface area contributed by atoms with Crippen molar-refractivity contribution in [2.45, 2.75) is 13.8 Å². The van der Waals surface area contributed by atoms with Gasteiger partial charge in [-0.25, -0.2) is 0 Å². The van der Waals surface area contributed by atoms with Crippen LogP contribution >= 0.6 is 0 Å². The fourth-order valence-electron chi connectivity index (χ4n) is 2.16. The van der Waals surface area contributed by atoms with E-state index in [1.165, 1.54) is 0 Å². The molecule has 0 aliphatic carbocycles. The van der Waals surface area contributed by atoms with Crippen molar-refractivity contribution >= 4 is 23.6 Å². The summed E-state index contributed by atoms with van der Waals surface area (Å²) in [4.78, 5) is 27.6. The Hall–Kier alpha value is -2.56. The molecule has 0 spiro atoms. The van der Waals surface area contributed by atoms with Crippen LogP contribution in [0.2, 0.25) is 0 Å². The van der Waals surface area contributed by atoms with E-state index in [0.717, 1.165) is 24.5 Å². The van der Waals surface area contributed by atoms with Gasteiger partial charge in [-0.1, -0.05) is 0 Å². The Morgan fingerprint density at radius 3 is 2.33 bits per heavy atom. The van der Waals surface area contributed by atoms with Crippen LogP contribution in [0, 0.1) is 0 Å². The van der Waals surface area contributed by atoms with E-state index in [1.54, 1.807) is 12.1 Å². The quantitative estimate of drug-likeness (QED) is 0.802. The van der Waals surface area contributed by atoms with E-state index in [0.29, 0.717) is 17.7 Å². The Kier molecular flexibility index (Phi) is 4.77. The third-order valence-corrected chi connectivity index (χ3v) is 3.33. The second kappa shape index (κ2) is 6.74. The molecular formula is C16H19N3O2. The van der Waals surface area contributed by atoms with E-state index < -0.39 is 0 Å². The molecule has 0 aliphatic heterocycles. The summed E-state index contributed by atoms with van der Waals surface area (Å²) in [5.74, 6) is -0.265. The molecule has 21 heavy (non-hydrogen) atoms. The molecular weight excluding hydrogens is 266 g/mol. The number of anilines is 2. The van der Waals surface area contributed by atoms with Crippen molar-refractivity contribution in [3.63, 3.8) is 0 Å². The number of benzene rings is 1. The maximum atomic E-state index is 12.0. The van der Waals surface area contributed by atoms with Gasteiger partial charge in [-0.2, -0.15) is 0 Å². The van der Waals surface area contributed by atoms with Crippen molar-refractivity contribution < 1.29 is 9.59 Å². The third-order valence-electron chi connectivity index (χ3n) is 3.33. The van der Waals surface area contributed by atoms with E-state index in [4.69, 9.17) is 0 Å². The van der Waals surface area contributed by atoms with Crippen LogP contribution in [-0.4, -0.2) is 30.3 Å². The van der Waals surface area contributed by atoms with Gasteiger partial charge in [-0.3, -0.25) is 9.59 Å². The summed E-state index contributed by atoms with van der Waals surface area (Å²) in [6.07, 6.45) is 0.676. The minimum atomic E-state index is -0.265. The summed E-state index contributed by atoms with van der Waals surface area (Å²) in [7, 11) is 0. The molecule has 1 amide bonds. The summed E-state index contributed by atoms with van der Waals surface area (Å²) < 4.78 is 0. The number of rotatable bonds is 6. The number of hydrogen-bond donors (Lipinski definition) is 2. The SMILES string of the molecule is CCN(CC)c1ccc(NC(=O)c2ccc(C=O)[nH]2)cc1. The second-order valence-corrected chi connectivity index (χ2v) is 4.62. The number of amides is 1. The van der Waals surface area contributed by atoms with Crippen LogP contribution in [0.3, 0.4) is 0 Å². The molecule has 0 saturated heterocycles. The molecule has 1 aromatic heterocycles. The Morgan fingerprint density at radius 2 is 1.81 bits per heavy atom. The topological polar surface area (TPSA) is 65.2 Å². The monoisotopic (exact) mass is 285 g/mol. The summed E-state index contributed by atoms with van der Waals surface area (Å²) in [5, 5.41) is 2.79. The molecule has 0 radical (unpaired) electrons. The van der Waals surface area contributed by atoms with Crippen LogP contribution in [0.5, 0.6) is 0 Å². The van der Waals surface area contributed by atoms with Crippen molar-refractivity contribution in [2.24, 2.45) is 0 Å². The van der Waals surface area contributed by atoms with Crippen LogP contribution in [0.4, 0.5) is 11.4 Å². The number of nitrogens with zero attached hydrogens (tertiary/aromatic N) is 1. The summed E-state index contributed by atoms with van der Waals surface area (Å²) in [6.45, 7) is 6.10. The zero-order valence-electron chi connectivity index (χ0n) is 12.2. The first-order valence-electron chi connectivity index (χ1n) is 6.98. The molecule has 0 bridgehead atoms. The first kappa shape index (κ1) is 14.8. The first-order chi connectivity index (χ1) is 10.2. The predicted octanol–water partition coefficient (Wildman–Crippen LogP) is 2.93. The smallest absolute Gasteiger partial charge is 0.272 e. The van der Waals surface area contributed by atoms with Crippen LogP contribution in [-0.2, 0) is 0 Å². The van der Waals surface area contributed by atoms with E-state index >= 15 is 0 Å². The van der Waals surface area contributed by atoms with E-state index in [-0.39, 0.29) is 5.91 Å². The highest BCUT2D eigenvalue weighted by molar-refractivity contribution is 6.03. The lowest BCUT2D eigenvalue weighted by molar-refractivity contribution is 0.102. The number of aromatic nitrogens is 1. The average molecular weight is 285 g/mol. The molecule has 0 atom stereocenters. The van der Waals surface area contributed by atoms with Gasteiger partial charge in [0.05, 0.1) is 5.69 Å². The van der Waals surface area contributed by atoms with E-state index in [2.05, 4.69) is 29.0 Å². The Morgan fingerprint density at radius 1 is 1.14 bits per heavy atom. The Labute approximate surface area is 124 Å². The molecule has 1 heterocycles. The minimum Gasteiger partial charge on any atom is -0.372 e. The third kappa shape index (κ3) is 3.51. The van der Waals surface area contributed by atoms with Gasteiger partial charge < -0.3 is 15.2 Å². The number of aromatic amines is 1. The van der Waals surface area contributed by atoms with Crippen molar-refractivity contribution in [2.75, 3.05) is 23.3 Å². The molecule has 110 valence electrons. The predicted molar refractivity (Wildman–Crippen MR) is 84.1 cm³/mol. The summed E-state index contributed by atoms with van der Waals surface area (Å²) in [5.41, 5.74) is 2.60. The molecule has 1 aromatic carbocycles. The molecule has 2 N–H and O–H groups in total. The molecule has 0 fully saturated rings. The number of carbonyl (C=O) groups is 2. The number of carbonyl (C=O) groups excluding carboxylic acids is 2. The van der Waals surface area contributed by atoms with Gasteiger partial charge in [0, 0.05) is 24.5 Å². The fourth-order valence-corrected chi connectivity index (χ4v) is 2.16. The molecule has 2 aromatic rings. The van der Waals surface area contributed by atoms with Crippen LogP contribution < -0.4 is 10.2 Å². The minimum absolute atomic E-state index is 0.265. The highest BCUT2D eigenvalue weighted by Gasteiger charge is 2.09. The van der Waals surface area contributed by atoms with Gasteiger partial charge >= 0.3 is 0 Å². The van der Waals surface area contributed by atoms with Crippen LogP contribution in [0.1, 0.15) is 34.8 Å². The lowest BCUT2D eigenvalue weighted by Gasteiger charge is -2.21. The Balaban J connectivity index is 2.06. The maximum absolute atomic E-state index is 12.0. The zero-order chi connectivity index (χ0) is 15.2. The summed E-state index contributed by atoms with van der Waals surface area (Å²) >= 11 is 0. The molecule has 2 rings (SSSR count). The maximum Gasteiger partial charge on any atom is 0.272 e. The molecule has 0 aliphatic rings. The Bertz CT molecular complexity index is 613. The number of nitrogens with one attached hydrogen (secondary N) is 2. The van der Waals surface area contributed by atoms with Gasteiger partial charge in [0.1, 0.15) is 5.69 Å². The van der Waals surface area contributed by atoms with Crippen molar-refractivity contribution in [1.82, 2.24) is 4.98 Å². The highest BCUT2D eigenvalue weighted by atomic mass is 16.2. The summed E-state index contributed by atoms with van der Waals surface area (Å²) in [6, 6.07) is 10.9. The van der Waals surface area contributed by atoms with E-state index in [1.807, 2.05) is 24.3 Å². The zero-order valence-corrected chi connectivity index (χ0v) is 12.2. The van der Waals surface area contributed by atoms with Crippen LogP contribution in [0.25, 0.3) is 0 Å². The van der Waals surface area contributed by atoms with Crippen molar-refractivity contribution in [3.05, 3.63) is 47.8 Å². The molecule has 5 nitrogen and oxygen atoms in total. The first-order valence-corrected chi connectivity index (χ1v) is 6.98. The van der Waals surface area contributed by atoms with E-state index in [9.17, 15) is 9.59 Å². The largest absolute Gasteiger partial charge is 0.372 e. The standard InChI is InChI=1S/C16H19N3O2/c1-3-19(4-2)14-8-5-12(6-9-14)18-16(21)15-10-7-13(11-20)17-15/h5-11,17H,3-4H2,1-2H3,(H,18,21).